The van der Waals surface area contributed by atoms with E-state index in [0.29, 0.717) is 18.9 Å². The van der Waals surface area contributed by atoms with Crippen LogP contribution < -0.4 is 11.1 Å². The van der Waals surface area contributed by atoms with Crippen LogP contribution in [0.3, 0.4) is 0 Å². The second kappa shape index (κ2) is 6.40. The highest BCUT2D eigenvalue weighted by molar-refractivity contribution is 5.79. The summed E-state index contributed by atoms with van der Waals surface area (Å²) in [5.74, 6) is 0.738. The molecule has 1 aromatic rings. The monoisotopic (exact) mass is 274 g/mol. The Morgan fingerprint density at radius 1 is 1.50 bits per heavy atom. The minimum absolute atomic E-state index is 0.0927. The second-order valence-electron chi connectivity index (χ2n) is 6.40. The first-order valence-corrected chi connectivity index (χ1v) is 7.60. The van der Waals surface area contributed by atoms with Crippen molar-refractivity contribution in [2.45, 2.75) is 51.5 Å². The van der Waals surface area contributed by atoms with Gasteiger partial charge < -0.3 is 11.1 Å². The smallest absolute Gasteiger partial charge is 0.224 e. The summed E-state index contributed by atoms with van der Waals surface area (Å²) >= 11 is 0. The molecule has 1 fully saturated rings. The predicted octanol–water partition coefficient (Wildman–Crippen LogP) is 2.56. The van der Waals surface area contributed by atoms with Crippen LogP contribution in [-0.2, 0) is 11.2 Å². The minimum Gasteiger partial charge on any atom is -0.349 e. The van der Waals surface area contributed by atoms with E-state index in [1.165, 1.54) is 12.0 Å². The van der Waals surface area contributed by atoms with E-state index < -0.39 is 0 Å². The fraction of sp³-hybridized carbons (Fsp3) is 0.588. The summed E-state index contributed by atoms with van der Waals surface area (Å²) in [6.07, 6.45) is 4.85. The molecule has 0 spiro atoms. The average molecular weight is 274 g/mol. The van der Waals surface area contributed by atoms with E-state index >= 15 is 0 Å². The molecule has 2 atom stereocenters. The summed E-state index contributed by atoms with van der Waals surface area (Å²) in [6, 6.07) is 8.12. The third kappa shape index (κ3) is 3.83. The van der Waals surface area contributed by atoms with Crippen molar-refractivity contribution in [2.24, 2.45) is 11.7 Å². The molecule has 0 radical (unpaired) electrons. The molecule has 2 rings (SSSR count). The Kier molecular flexibility index (Phi) is 4.81. The van der Waals surface area contributed by atoms with E-state index in [2.05, 4.69) is 18.3 Å². The Hall–Kier alpha value is -1.35. The molecule has 1 aliphatic rings. The quantitative estimate of drug-likeness (QED) is 0.886. The van der Waals surface area contributed by atoms with Gasteiger partial charge >= 0.3 is 0 Å². The van der Waals surface area contributed by atoms with E-state index in [4.69, 9.17) is 5.73 Å². The highest BCUT2D eigenvalue weighted by Gasteiger charge is 2.34. The van der Waals surface area contributed by atoms with Crippen LogP contribution in [0.5, 0.6) is 0 Å². The number of amides is 1. The number of nitrogens with one attached hydrogen (secondary N) is 1. The summed E-state index contributed by atoms with van der Waals surface area (Å²) in [7, 11) is 0. The third-order valence-electron chi connectivity index (χ3n) is 4.33. The van der Waals surface area contributed by atoms with Crippen molar-refractivity contribution in [2.75, 3.05) is 6.54 Å². The zero-order valence-electron chi connectivity index (χ0n) is 12.6. The topological polar surface area (TPSA) is 55.1 Å². The van der Waals surface area contributed by atoms with Gasteiger partial charge in [-0.1, -0.05) is 49.6 Å². The maximum atomic E-state index is 12.3. The third-order valence-corrected chi connectivity index (χ3v) is 4.33. The molecule has 1 aromatic carbocycles. The van der Waals surface area contributed by atoms with E-state index in [-0.39, 0.29) is 11.4 Å². The van der Waals surface area contributed by atoms with E-state index in [9.17, 15) is 4.79 Å². The van der Waals surface area contributed by atoms with E-state index in [1.807, 2.05) is 25.1 Å². The van der Waals surface area contributed by atoms with Gasteiger partial charge in [-0.2, -0.15) is 0 Å². The Balaban J connectivity index is 1.99. The van der Waals surface area contributed by atoms with Gasteiger partial charge in [-0.3, -0.25) is 4.79 Å². The van der Waals surface area contributed by atoms with E-state index in [1.54, 1.807) is 0 Å². The number of hydrogen-bond acceptors (Lipinski definition) is 2. The molecule has 1 saturated carbocycles. The molecule has 2 unspecified atom stereocenters. The zero-order valence-corrected chi connectivity index (χ0v) is 12.6. The molecule has 0 aromatic heterocycles. The molecule has 3 N–H and O–H groups in total. The number of aryl methyl sites for hydroxylation is 1. The number of benzene rings is 1. The number of rotatable bonds is 4. The fourth-order valence-corrected chi connectivity index (χ4v) is 3.36. The van der Waals surface area contributed by atoms with Crippen LogP contribution in [-0.4, -0.2) is 18.0 Å². The molecular weight excluding hydrogens is 248 g/mol. The average Bonchev–Trinajstić information content (AvgIpc) is 2.38. The fourth-order valence-electron chi connectivity index (χ4n) is 3.36. The van der Waals surface area contributed by atoms with Crippen molar-refractivity contribution in [1.82, 2.24) is 5.32 Å². The summed E-state index contributed by atoms with van der Waals surface area (Å²) in [5.41, 5.74) is 8.03. The molecular formula is C17H26N2O. The highest BCUT2D eigenvalue weighted by atomic mass is 16.1. The molecule has 0 heterocycles. The van der Waals surface area contributed by atoms with Crippen LogP contribution in [0, 0.1) is 12.8 Å². The predicted molar refractivity (Wildman–Crippen MR) is 82.4 cm³/mol. The van der Waals surface area contributed by atoms with Gasteiger partial charge in [0.05, 0.1) is 12.0 Å². The zero-order chi connectivity index (χ0) is 14.6. The van der Waals surface area contributed by atoms with Crippen molar-refractivity contribution in [3.63, 3.8) is 0 Å². The van der Waals surface area contributed by atoms with E-state index in [0.717, 1.165) is 24.8 Å². The lowest BCUT2D eigenvalue weighted by atomic mass is 9.76. The van der Waals surface area contributed by atoms with Crippen LogP contribution in [0.4, 0.5) is 0 Å². The molecule has 0 saturated heterocycles. The van der Waals surface area contributed by atoms with Gasteiger partial charge in [0.2, 0.25) is 5.91 Å². The molecule has 3 nitrogen and oxygen atoms in total. The minimum atomic E-state index is -0.182. The Labute approximate surface area is 121 Å². The number of nitrogens with two attached hydrogens (primary N) is 1. The lowest BCUT2D eigenvalue weighted by Gasteiger charge is -2.40. The molecule has 20 heavy (non-hydrogen) atoms. The van der Waals surface area contributed by atoms with Crippen LogP contribution in [0.25, 0.3) is 0 Å². The Bertz CT molecular complexity index is 472. The van der Waals surface area contributed by atoms with Crippen LogP contribution in [0.1, 0.15) is 43.7 Å². The number of carbonyl (C=O) groups is 1. The second-order valence-corrected chi connectivity index (χ2v) is 6.40. The van der Waals surface area contributed by atoms with Crippen molar-refractivity contribution >= 4 is 5.91 Å². The van der Waals surface area contributed by atoms with Crippen molar-refractivity contribution in [3.8, 4) is 0 Å². The van der Waals surface area contributed by atoms with Gasteiger partial charge in [0, 0.05) is 6.54 Å². The molecule has 0 bridgehead atoms. The highest BCUT2D eigenvalue weighted by Crippen LogP contribution is 2.31. The van der Waals surface area contributed by atoms with Gasteiger partial charge in [-0.05, 0) is 31.2 Å². The van der Waals surface area contributed by atoms with Gasteiger partial charge in [-0.15, -0.1) is 0 Å². The number of hydrogen-bond donors (Lipinski definition) is 2. The van der Waals surface area contributed by atoms with Gasteiger partial charge in [0.25, 0.3) is 0 Å². The van der Waals surface area contributed by atoms with Crippen LogP contribution in [0.2, 0.25) is 0 Å². The van der Waals surface area contributed by atoms with Crippen molar-refractivity contribution in [1.29, 1.82) is 0 Å². The first-order valence-electron chi connectivity index (χ1n) is 7.60. The van der Waals surface area contributed by atoms with Gasteiger partial charge in [-0.25, -0.2) is 0 Å². The van der Waals surface area contributed by atoms with Crippen LogP contribution >= 0.6 is 0 Å². The summed E-state index contributed by atoms with van der Waals surface area (Å²) < 4.78 is 0. The van der Waals surface area contributed by atoms with Crippen molar-refractivity contribution in [3.05, 3.63) is 35.4 Å². The lowest BCUT2D eigenvalue weighted by molar-refractivity contribution is -0.122. The summed E-state index contributed by atoms with van der Waals surface area (Å²) in [5, 5.41) is 3.22. The van der Waals surface area contributed by atoms with Gasteiger partial charge in [0.1, 0.15) is 0 Å². The maximum absolute atomic E-state index is 12.3. The molecule has 1 aliphatic carbocycles. The number of carbonyl (C=O) groups excluding carboxylic acids is 1. The standard InChI is InChI=1S/C17H26N2O/c1-13-5-3-7-15(9-13)10-16(20)19-17(12-18)8-4-6-14(2)11-17/h3,5,7,9,14H,4,6,8,10-12,18H2,1-2H3,(H,19,20). The SMILES string of the molecule is Cc1cccc(CC(=O)NC2(CN)CCCC(C)C2)c1. The van der Waals surface area contributed by atoms with Gasteiger partial charge in [0.15, 0.2) is 0 Å². The van der Waals surface area contributed by atoms with Crippen LogP contribution in [0.15, 0.2) is 24.3 Å². The Morgan fingerprint density at radius 3 is 2.95 bits per heavy atom. The summed E-state index contributed by atoms with van der Waals surface area (Å²) in [4.78, 5) is 12.3. The molecule has 1 amide bonds. The first-order chi connectivity index (χ1) is 9.53. The lowest BCUT2D eigenvalue weighted by Crippen LogP contribution is -2.56. The first kappa shape index (κ1) is 15.0. The largest absolute Gasteiger partial charge is 0.349 e. The summed E-state index contributed by atoms with van der Waals surface area (Å²) in [6.45, 7) is 4.83. The maximum Gasteiger partial charge on any atom is 0.224 e. The normalized spacial score (nSPS) is 26.2. The molecule has 0 aliphatic heterocycles. The molecule has 3 heteroatoms. The Morgan fingerprint density at radius 2 is 2.30 bits per heavy atom. The van der Waals surface area contributed by atoms with Crippen molar-refractivity contribution < 1.29 is 4.79 Å². The molecule has 110 valence electrons.